The summed E-state index contributed by atoms with van der Waals surface area (Å²) in [6.45, 7) is 4.86. The second kappa shape index (κ2) is 11.5. The minimum atomic E-state index is -0.426. The summed E-state index contributed by atoms with van der Waals surface area (Å²) in [6.07, 6.45) is 0.621. The molecule has 1 N–H and O–H groups in total. The molecular weight excluding hydrogens is 504 g/mol. The molecule has 1 aliphatic rings. The Hall–Kier alpha value is -4.45. The van der Waals surface area contributed by atoms with Crippen LogP contribution in [0, 0.1) is 0 Å². The first-order chi connectivity index (χ1) is 19.0. The van der Waals surface area contributed by atoms with Gasteiger partial charge >= 0.3 is 5.97 Å². The van der Waals surface area contributed by atoms with Crippen LogP contribution in [0.4, 0.5) is 0 Å². The summed E-state index contributed by atoms with van der Waals surface area (Å²) in [5.74, 6) is 2.11. The van der Waals surface area contributed by atoms with Crippen molar-refractivity contribution in [1.29, 1.82) is 0 Å². The zero-order valence-corrected chi connectivity index (χ0v) is 22.0. The zero-order chi connectivity index (χ0) is 27.4. The van der Waals surface area contributed by atoms with Crippen molar-refractivity contribution in [3.8, 4) is 17.2 Å². The van der Waals surface area contributed by atoms with Crippen LogP contribution in [0.15, 0.2) is 47.3 Å². The van der Waals surface area contributed by atoms with Gasteiger partial charge in [0.1, 0.15) is 12.3 Å². The Morgan fingerprint density at radius 1 is 1.13 bits per heavy atom. The predicted molar refractivity (Wildman–Crippen MR) is 140 cm³/mol. The third-order valence-electron chi connectivity index (χ3n) is 6.60. The Balaban J connectivity index is 1.51. The van der Waals surface area contributed by atoms with Gasteiger partial charge in [0.15, 0.2) is 17.3 Å². The molecule has 2 aromatic carbocycles. The monoisotopic (exact) mass is 534 g/mol. The van der Waals surface area contributed by atoms with Gasteiger partial charge in [0, 0.05) is 24.7 Å². The molecule has 12 heteroatoms. The van der Waals surface area contributed by atoms with Gasteiger partial charge in [-0.05, 0) is 65.1 Å². The van der Waals surface area contributed by atoms with Crippen LogP contribution < -0.4 is 19.8 Å². The second-order valence-corrected chi connectivity index (χ2v) is 9.09. The van der Waals surface area contributed by atoms with Gasteiger partial charge in [-0.25, -0.2) is 4.68 Å². The van der Waals surface area contributed by atoms with Crippen molar-refractivity contribution >= 4 is 16.9 Å². The fraction of sp³-hybridized carbons (Fsp3) is 0.370. The number of aromatic amines is 1. The molecule has 3 heterocycles. The number of methoxy groups -OCH3 is 1. The molecule has 12 nitrogen and oxygen atoms in total. The molecule has 0 fully saturated rings. The van der Waals surface area contributed by atoms with Gasteiger partial charge in [-0.3, -0.25) is 14.5 Å². The first-order valence-electron chi connectivity index (χ1n) is 12.7. The normalized spacial score (nSPS) is 13.1. The fourth-order valence-corrected chi connectivity index (χ4v) is 4.73. The number of ether oxygens (including phenoxy) is 4. The molecule has 5 rings (SSSR count). The van der Waals surface area contributed by atoms with Crippen molar-refractivity contribution in [3.05, 3.63) is 69.8 Å². The number of carbonyl (C=O) groups is 1. The molecule has 0 saturated heterocycles. The molecule has 1 atom stereocenters. The summed E-state index contributed by atoms with van der Waals surface area (Å²) in [7, 11) is 1.59. The van der Waals surface area contributed by atoms with Crippen LogP contribution >= 0.6 is 0 Å². The summed E-state index contributed by atoms with van der Waals surface area (Å²) in [4.78, 5) is 30.5. The highest BCUT2D eigenvalue weighted by Gasteiger charge is 2.27. The molecular formula is C27H30N6O6. The Kier molecular flexibility index (Phi) is 7.73. The smallest absolute Gasteiger partial charge is 0.327 e. The van der Waals surface area contributed by atoms with Gasteiger partial charge in [-0.15, -0.1) is 5.10 Å². The largest absolute Gasteiger partial charge is 0.497 e. The van der Waals surface area contributed by atoms with Crippen molar-refractivity contribution in [2.24, 2.45) is 0 Å². The van der Waals surface area contributed by atoms with E-state index in [2.05, 4.69) is 25.4 Å². The number of carbonyl (C=O) groups excluding carboxylic acids is 1. The van der Waals surface area contributed by atoms with E-state index in [9.17, 15) is 9.59 Å². The van der Waals surface area contributed by atoms with Crippen molar-refractivity contribution in [2.75, 3.05) is 20.5 Å². The zero-order valence-electron chi connectivity index (χ0n) is 22.0. The van der Waals surface area contributed by atoms with Crippen molar-refractivity contribution in [3.63, 3.8) is 0 Å². The van der Waals surface area contributed by atoms with Gasteiger partial charge in [-0.1, -0.05) is 13.0 Å². The molecule has 0 bridgehead atoms. The lowest BCUT2D eigenvalue weighted by atomic mass is 10.1. The molecule has 0 amide bonds. The van der Waals surface area contributed by atoms with Gasteiger partial charge < -0.3 is 23.9 Å². The first kappa shape index (κ1) is 26.2. The molecule has 0 radical (unpaired) electrons. The van der Waals surface area contributed by atoms with Crippen LogP contribution in [-0.2, 0) is 29.2 Å². The number of aromatic nitrogens is 5. The van der Waals surface area contributed by atoms with Crippen molar-refractivity contribution < 1.29 is 23.7 Å². The highest BCUT2D eigenvalue weighted by Crippen LogP contribution is 2.34. The predicted octanol–water partition coefficient (Wildman–Crippen LogP) is 2.97. The lowest BCUT2D eigenvalue weighted by molar-refractivity contribution is -0.144. The molecule has 4 aromatic rings. The first-order valence-corrected chi connectivity index (χ1v) is 12.7. The van der Waals surface area contributed by atoms with E-state index in [-0.39, 0.29) is 31.5 Å². The summed E-state index contributed by atoms with van der Waals surface area (Å²) in [5, 5.41) is 13.0. The average Bonchev–Trinajstić information content (AvgIpc) is 3.58. The van der Waals surface area contributed by atoms with Crippen molar-refractivity contribution in [2.45, 2.75) is 45.9 Å². The summed E-state index contributed by atoms with van der Waals surface area (Å²) < 4.78 is 22.9. The minimum Gasteiger partial charge on any atom is -0.497 e. The maximum atomic E-state index is 13.2. The van der Waals surface area contributed by atoms with Crippen LogP contribution in [0.1, 0.15) is 43.3 Å². The standard InChI is InChI=1S/C27H30N6O6/c1-4-22(26-29-30-31-33(26)15-25(34)37-5-2)32(13-17-6-9-23-24(10-17)39-16-38-23)14-19-11-18-7-8-20(36-3)12-21(18)28-27(19)35/h6-12,22H,4-5,13-16H2,1-3H3,(H,28,35)/t22-/m1/s1. The molecule has 39 heavy (non-hydrogen) atoms. The third kappa shape index (κ3) is 5.70. The summed E-state index contributed by atoms with van der Waals surface area (Å²) in [6, 6.07) is 12.9. The third-order valence-corrected chi connectivity index (χ3v) is 6.60. The summed E-state index contributed by atoms with van der Waals surface area (Å²) >= 11 is 0. The SMILES string of the molecule is CCOC(=O)Cn1nnnc1[C@@H](CC)N(Cc1ccc2c(c1)OCO2)Cc1cc2ccc(OC)cc2[nH]c1=O. The molecule has 0 spiro atoms. The number of esters is 1. The van der Waals surface area contributed by atoms with E-state index in [1.807, 2.05) is 43.3 Å². The topological polar surface area (TPSA) is 134 Å². The van der Waals surface area contributed by atoms with E-state index in [1.54, 1.807) is 20.1 Å². The number of H-pyrrole nitrogens is 1. The van der Waals surface area contributed by atoms with Gasteiger partial charge in [0.05, 0.1) is 25.3 Å². The lowest BCUT2D eigenvalue weighted by Gasteiger charge is -2.30. The number of nitrogens with zero attached hydrogens (tertiary/aromatic N) is 5. The van der Waals surface area contributed by atoms with E-state index in [0.29, 0.717) is 53.7 Å². The Labute approximate surface area is 224 Å². The minimum absolute atomic E-state index is 0.108. The Bertz CT molecular complexity index is 1530. The van der Waals surface area contributed by atoms with E-state index < -0.39 is 5.97 Å². The van der Waals surface area contributed by atoms with Crippen molar-refractivity contribution in [1.82, 2.24) is 30.1 Å². The number of pyridine rings is 1. The van der Waals surface area contributed by atoms with Gasteiger partial charge in [0.25, 0.3) is 5.56 Å². The molecule has 1 aliphatic heterocycles. The lowest BCUT2D eigenvalue weighted by Crippen LogP contribution is -2.33. The molecule has 2 aromatic heterocycles. The fourth-order valence-electron chi connectivity index (χ4n) is 4.73. The Morgan fingerprint density at radius 2 is 1.97 bits per heavy atom. The molecule has 204 valence electrons. The van der Waals surface area contributed by atoms with Crippen LogP contribution in [0.25, 0.3) is 10.9 Å². The Morgan fingerprint density at radius 3 is 2.77 bits per heavy atom. The highest BCUT2D eigenvalue weighted by molar-refractivity contribution is 5.80. The number of fused-ring (bicyclic) bond motifs is 2. The average molecular weight is 535 g/mol. The van der Waals surface area contributed by atoms with E-state index in [0.717, 1.165) is 10.9 Å². The van der Waals surface area contributed by atoms with Gasteiger partial charge in [-0.2, -0.15) is 0 Å². The maximum Gasteiger partial charge on any atom is 0.327 e. The second-order valence-electron chi connectivity index (χ2n) is 9.09. The van der Waals surface area contributed by atoms with Crippen LogP contribution in [0.2, 0.25) is 0 Å². The number of tetrazole rings is 1. The number of hydrogen-bond donors (Lipinski definition) is 1. The highest BCUT2D eigenvalue weighted by atomic mass is 16.7. The van der Waals surface area contributed by atoms with Crippen LogP contribution in [0.5, 0.6) is 17.2 Å². The van der Waals surface area contributed by atoms with Gasteiger partial charge in [0.2, 0.25) is 6.79 Å². The molecule has 0 aliphatic carbocycles. The number of hydrogen-bond acceptors (Lipinski definition) is 10. The number of rotatable bonds is 11. The molecule has 0 saturated carbocycles. The summed E-state index contributed by atoms with van der Waals surface area (Å²) in [5.41, 5.74) is 2.03. The molecule has 0 unspecified atom stereocenters. The van der Waals surface area contributed by atoms with Crippen LogP contribution in [0.3, 0.4) is 0 Å². The maximum absolute atomic E-state index is 13.2. The van der Waals surface area contributed by atoms with E-state index in [1.165, 1.54) is 4.68 Å². The number of nitrogens with one attached hydrogen (secondary N) is 1. The quantitative estimate of drug-likeness (QED) is 0.286. The number of benzene rings is 2. The van der Waals surface area contributed by atoms with E-state index in [4.69, 9.17) is 18.9 Å². The van der Waals surface area contributed by atoms with E-state index >= 15 is 0 Å². The van der Waals surface area contributed by atoms with Crippen LogP contribution in [-0.4, -0.2) is 56.6 Å².